The molecule has 9 heteroatoms. The highest BCUT2D eigenvalue weighted by atomic mass is 35.5. The van der Waals surface area contributed by atoms with E-state index < -0.39 is 35.5 Å². The van der Waals surface area contributed by atoms with Crippen molar-refractivity contribution in [1.82, 2.24) is 10.2 Å². The fraction of sp³-hybridized carbons (Fsp3) is 0.105. The normalized spacial score (nSPS) is 11.7. The molecule has 3 aromatic rings. The summed E-state index contributed by atoms with van der Waals surface area (Å²) < 4.78 is 34.1. The number of benzene rings is 2. The average molecular weight is 404 g/mol. The molecule has 0 aliphatic carbocycles. The third kappa shape index (κ3) is 4.01. The zero-order valence-electron chi connectivity index (χ0n) is 14.1. The Morgan fingerprint density at radius 3 is 2.68 bits per heavy atom. The summed E-state index contributed by atoms with van der Waals surface area (Å²) in [5, 5.41) is 24.6. The van der Waals surface area contributed by atoms with Crippen LogP contribution >= 0.6 is 11.6 Å². The van der Waals surface area contributed by atoms with Crippen LogP contribution in [0.2, 0.25) is 5.02 Å². The molecular weight excluding hydrogens is 392 g/mol. The molecule has 0 radical (unpaired) electrons. The first-order valence-corrected chi connectivity index (χ1v) is 8.33. The van der Waals surface area contributed by atoms with Crippen LogP contribution < -0.4 is 10.3 Å². The highest BCUT2D eigenvalue weighted by Gasteiger charge is 2.24. The van der Waals surface area contributed by atoms with E-state index in [1.54, 1.807) is 6.07 Å². The molecule has 2 aromatic carbocycles. The summed E-state index contributed by atoms with van der Waals surface area (Å²) in [6, 6.07) is 10.3. The minimum absolute atomic E-state index is 0.00615. The Hall–Kier alpha value is -3.28. The summed E-state index contributed by atoms with van der Waals surface area (Å²) in [6.07, 6.45) is 0. The number of aromatic nitrogens is 2. The van der Waals surface area contributed by atoms with E-state index in [0.29, 0.717) is 0 Å². The number of hydrogen-bond donors (Lipinski definition) is 2. The molecule has 0 spiro atoms. The highest BCUT2D eigenvalue weighted by molar-refractivity contribution is 6.32. The fourth-order valence-electron chi connectivity index (χ4n) is 2.61. The summed E-state index contributed by atoms with van der Waals surface area (Å²) in [6.45, 7) is -0.504. The summed E-state index contributed by atoms with van der Waals surface area (Å²) in [5.74, 6) is -3.03. The zero-order chi connectivity index (χ0) is 20.3. The van der Waals surface area contributed by atoms with Crippen molar-refractivity contribution in [2.24, 2.45) is 0 Å². The first kappa shape index (κ1) is 19.5. The summed E-state index contributed by atoms with van der Waals surface area (Å²) in [4.78, 5) is 11.2. The number of aromatic amines is 1. The Balaban J connectivity index is 2.04. The van der Waals surface area contributed by atoms with Gasteiger partial charge in [-0.05, 0) is 24.3 Å². The van der Waals surface area contributed by atoms with Gasteiger partial charge in [0, 0.05) is 17.7 Å². The van der Waals surface area contributed by atoms with Gasteiger partial charge in [-0.2, -0.15) is 10.4 Å². The lowest BCUT2D eigenvalue weighted by atomic mass is 9.95. The second-order valence-corrected chi connectivity index (χ2v) is 6.16. The second-order valence-electron chi connectivity index (χ2n) is 5.75. The molecule has 6 nitrogen and oxygen atoms in total. The van der Waals surface area contributed by atoms with E-state index in [0.717, 1.165) is 12.1 Å². The molecule has 0 fully saturated rings. The lowest BCUT2D eigenvalue weighted by Gasteiger charge is -2.17. The van der Waals surface area contributed by atoms with Crippen molar-refractivity contribution in [3.8, 4) is 17.6 Å². The number of hydrogen-bond acceptors (Lipinski definition) is 5. The Kier molecular flexibility index (Phi) is 5.68. The van der Waals surface area contributed by atoms with Crippen LogP contribution in [0.15, 0.2) is 47.3 Å². The van der Waals surface area contributed by atoms with Gasteiger partial charge < -0.3 is 9.84 Å². The van der Waals surface area contributed by atoms with Gasteiger partial charge in [0.2, 0.25) is 0 Å². The average Bonchev–Trinajstić information content (AvgIpc) is 2.68. The van der Waals surface area contributed by atoms with Gasteiger partial charge in [0.1, 0.15) is 11.6 Å². The van der Waals surface area contributed by atoms with E-state index in [1.165, 1.54) is 30.3 Å². The molecule has 3 rings (SSSR count). The molecule has 1 aromatic heterocycles. The molecule has 0 bridgehead atoms. The molecule has 1 atom stereocenters. The van der Waals surface area contributed by atoms with Crippen LogP contribution in [-0.2, 0) is 0 Å². The zero-order valence-corrected chi connectivity index (χ0v) is 14.9. The minimum Gasteiger partial charge on any atom is -0.453 e. The van der Waals surface area contributed by atoms with Gasteiger partial charge in [0.05, 0.1) is 34.9 Å². The molecule has 142 valence electrons. The van der Waals surface area contributed by atoms with E-state index in [9.17, 15) is 14.3 Å². The van der Waals surface area contributed by atoms with Crippen LogP contribution in [0, 0.1) is 23.0 Å². The summed E-state index contributed by atoms with van der Waals surface area (Å²) in [5.41, 5.74) is -0.209. The maximum atomic E-state index is 15.1. The van der Waals surface area contributed by atoms with Crippen LogP contribution in [0.25, 0.3) is 0 Å². The maximum Gasteiger partial charge on any atom is 0.264 e. The minimum atomic E-state index is -0.904. The van der Waals surface area contributed by atoms with Crippen molar-refractivity contribution in [2.45, 2.75) is 5.92 Å². The van der Waals surface area contributed by atoms with Gasteiger partial charge >= 0.3 is 0 Å². The van der Waals surface area contributed by atoms with Crippen molar-refractivity contribution >= 4 is 11.6 Å². The predicted molar refractivity (Wildman–Crippen MR) is 96.4 cm³/mol. The lowest BCUT2D eigenvalue weighted by molar-refractivity contribution is 0.275. The van der Waals surface area contributed by atoms with Gasteiger partial charge in [0.25, 0.3) is 5.56 Å². The van der Waals surface area contributed by atoms with Crippen molar-refractivity contribution in [3.05, 3.63) is 86.3 Å². The number of ether oxygens (including phenoxy) is 1. The first-order chi connectivity index (χ1) is 13.4. The van der Waals surface area contributed by atoms with Crippen LogP contribution in [0.5, 0.6) is 11.5 Å². The molecule has 0 aliphatic rings. The number of H-pyrrole nitrogens is 1. The van der Waals surface area contributed by atoms with Crippen LogP contribution in [0.3, 0.4) is 0 Å². The molecule has 0 aliphatic heterocycles. The van der Waals surface area contributed by atoms with E-state index in [-0.39, 0.29) is 27.6 Å². The highest BCUT2D eigenvalue weighted by Crippen LogP contribution is 2.37. The lowest BCUT2D eigenvalue weighted by Crippen LogP contribution is -2.15. The predicted octanol–water partition coefficient (Wildman–Crippen LogP) is 3.49. The van der Waals surface area contributed by atoms with Crippen molar-refractivity contribution in [2.75, 3.05) is 6.61 Å². The van der Waals surface area contributed by atoms with Gasteiger partial charge in [-0.1, -0.05) is 17.7 Å². The largest absolute Gasteiger partial charge is 0.453 e. The van der Waals surface area contributed by atoms with Crippen molar-refractivity contribution < 1.29 is 18.6 Å². The van der Waals surface area contributed by atoms with E-state index in [1.807, 2.05) is 0 Å². The Labute approximate surface area is 162 Å². The third-order valence-electron chi connectivity index (χ3n) is 3.91. The molecule has 0 saturated heterocycles. The van der Waals surface area contributed by atoms with Gasteiger partial charge in [-0.25, -0.2) is 13.9 Å². The molecule has 1 unspecified atom stereocenters. The molecule has 0 amide bonds. The molecular formula is C19H12ClF2N3O3. The smallest absolute Gasteiger partial charge is 0.264 e. The Morgan fingerprint density at radius 2 is 2.04 bits per heavy atom. The number of rotatable bonds is 5. The maximum absolute atomic E-state index is 15.1. The number of nitrogens with zero attached hydrogens (tertiary/aromatic N) is 2. The molecule has 1 heterocycles. The SMILES string of the molecule is N#Cc1cc(F)cc(Oc2c(Cl)ccc(C(CO)c3ccc(=O)[nH]n3)c2F)c1. The second kappa shape index (κ2) is 8.17. The number of aliphatic hydroxyl groups is 1. The fourth-order valence-corrected chi connectivity index (χ4v) is 2.80. The Bertz CT molecular complexity index is 1110. The number of nitrogens with one attached hydrogen (secondary N) is 1. The van der Waals surface area contributed by atoms with Gasteiger partial charge in [0.15, 0.2) is 11.6 Å². The van der Waals surface area contributed by atoms with E-state index in [4.69, 9.17) is 21.6 Å². The van der Waals surface area contributed by atoms with E-state index in [2.05, 4.69) is 10.2 Å². The topological polar surface area (TPSA) is 99.0 Å². The number of aliphatic hydroxyl groups excluding tert-OH is 1. The summed E-state index contributed by atoms with van der Waals surface area (Å²) >= 11 is 6.03. The third-order valence-corrected chi connectivity index (χ3v) is 4.21. The van der Waals surface area contributed by atoms with Crippen LogP contribution in [-0.4, -0.2) is 21.9 Å². The standard InChI is InChI=1S/C19H12ClF2N3O3/c20-15-2-1-13(14(9-26)16-3-4-17(27)25-24-16)18(22)19(15)28-12-6-10(8-23)5-11(21)7-12/h1-7,14,26H,9H2,(H,25,27). The molecule has 0 saturated carbocycles. The number of halogens is 3. The van der Waals surface area contributed by atoms with Crippen LogP contribution in [0.4, 0.5) is 8.78 Å². The quantitative estimate of drug-likeness (QED) is 0.679. The van der Waals surface area contributed by atoms with Crippen molar-refractivity contribution in [3.63, 3.8) is 0 Å². The van der Waals surface area contributed by atoms with E-state index >= 15 is 4.39 Å². The van der Waals surface area contributed by atoms with Crippen molar-refractivity contribution in [1.29, 1.82) is 5.26 Å². The molecule has 2 N–H and O–H groups in total. The molecule has 28 heavy (non-hydrogen) atoms. The Morgan fingerprint density at radius 1 is 1.25 bits per heavy atom. The van der Waals surface area contributed by atoms with Gasteiger partial charge in [-0.15, -0.1) is 0 Å². The first-order valence-electron chi connectivity index (χ1n) is 7.96. The number of nitriles is 1. The summed E-state index contributed by atoms with van der Waals surface area (Å²) in [7, 11) is 0. The van der Waals surface area contributed by atoms with Gasteiger partial charge in [-0.3, -0.25) is 4.79 Å². The monoisotopic (exact) mass is 403 g/mol. The van der Waals surface area contributed by atoms with Crippen LogP contribution in [0.1, 0.15) is 22.7 Å².